The first-order valence-corrected chi connectivity index (χ1v) is 7.72. The lowest BCUT2D eigenvalue weighted by molar-refractivity contribution is 0.153. The summed E-state index contributed by atoms with van der Waals surface area (Å²) < 4.78 is 0. The first-order valence-electron chi connectivity index (χ1n) is 7.72. The highest BCUT2D eigenvalue weighted by atomic mass is 15.2. The molecule has 1 heterocycles. The van der Waals surface area contributed by atoms with Gasteiger partial charge in [-0.15, -0.1) is 0 Å². The summed E-state index contributed by atoms with van der Waals surface area (Å²) in [5.74, 6) is 2.81. The summed E-state index contributed by atoms with van der Waals surface area (Å²) in [5, 5.41) is 0. The average molecular weight is 241 g/mol. The fourth-order valence-corrected chi connectivity index (χ4v) is 4.97. The predicted octanol–water partition coefficient (Wildman–Crippen LogP) is 3.66. The van der Waals surface area contributed by atoms with Gasteiger partial charge >= 0.3 is 0 Å². The molecule has 1 saturated heterocycles. The molecule has 0 spiro atoms. The average Bonchev–Trinajstić information content (AvgIpc) is 3.15. The predicted molar refractivity (Wildman–Crippen MR) is 74.6 cm³/mol. The van der Waals surface area contributed by atoms with Gasteiger partial charge in [-0.3, -0.25) is 4.90 Å². The van der Waals surface area contributed by atoms with E-state index in [1.54, 1.807) is 5.56 Å². The zero-order chi connectivity index (χ0) is 11.9. The van der Waals surface area contributed by atoms with Gasteiger partial charge in [0.15, 0.2) is 0 Å². The second kappa shape index (κ2) is 4.38. The molecule has 96 valence electrons. The minimum atomic E-state index is 0.836. The largest absolute Gasteiger partial charge is 0.299 e. The van der Waals surface area contributed by atoms with E-state index in [-0.39, 0.29) is 0 Å². The minimum Gasteiger partial charge on any atom is -0.299 e. The fraction of sp³-hybridized carbons (Fsp3) is 0.647. The summed E-state index contributed by atoms with van der Waals surface area (Å²) in [6, 6.07) is 12.2. The van der Waals surface area contributed by atoms with E-state index < -0.39 is 0 Å². The number of fused-ring (bicyclic) bond motifs is 2. The smallest absolute Gasteiger partial charge is 0.0195 e. The Morgan fingerprint density at radius 1 is 0.889 bits per heavy atom. The number of hydrogen-bond acceptors (Lipinski definition) is 1. The Labute approximate surface area is 110 Å². The molecule has 2 bridgehead atoms. The Bertz CT molecular complexity index is 407. The third-order valence-electron chi connectivity index (χ3n) is 5.62. The summed E-state index contributed by atoms with van der Waals surface area (Å²) in [4.78, 5) is 2.82. The SMILES string of the molecule is c1ccc(C2C3CCC(C3)C2N2CCCC2)cc1. The van der Waals surface area contributed by atoms with Crippen molar-refractivity contribution in [2.75, 3.05) is 13.1 Å². The lowest BCUT2D eigenvalue weighted by Gasteiger charge is -2.38. The Kier molecular flexibility index (Phi) is 2.69. The van der Waals surface area contributed by atoms with Crippen molar-refractivity contribution in [3.63, 3.8) is 0 Å². The molecular formula is C17H23N. The van der Waals surface area contributed by atoms with Crippen LogP contribution in [0.2, 0.25) is 0 Å². The summed E-state index contributed by atoms with van der Waals surface area (Å²) in [6.45, 7) is 2.72. The standard InChI is InChI=1S/C17H23N/c1-2-6-13(7-3-1)16-14-8-9-15(12-14)17(16)18-10-4-5-11-18/h1-3,6-7,14-17H,4-5,8-12H2. The first-order chi connectivity index (χ1) is 8.93. The van der Waals surface area contributed by atoms with E-state index in [1.165, 1.54) is 45.2 Å². The van der Waals surface area contributed by atoms with Gasteiger partial charge in [-0.05, 0) is 62.6 Å². The van der Waals surface area contributed by atoms with Gasteiger partial charge in [-0.2, -0.15) is 0 Å². The van der Waals surface area contributed by atoms with Crippen molar-refractivity contribution >= 4 is 0 Å². The Morgan fingerprint density at radius 2 is 1.61 bits per heavy atom. The maximum Gasteiger partial charge on any atom is 0.0195 e. The number of rotatable bonds is 2. The number of likely N-dealkylation sites (tertiary alicyclic amines) is 1. The van der Waals surface area contributed by atoms with Crippen molar-refractivity contribution in [2.24, 2.45) is 11.8 Å². The van der Waals surface area contributed by atoms with Crippen molar-refractivity contribution in [3.05, 3.63) is 35.9 Å². The van der Waals surface area contributed by atoms with Crippen molar-refractivity contribution in [1.29, 1.82) is 0 Å². The molecular weight excluding hydrogens is 218 g/mol. The second-order valence-electron chi connectivity index (χ2n) is 6.50. The molecule has 18 heavy (non-hydrogen) atoms. The van der Waals surface area contributed by atoms with Crippen LogP contribution in [0.25, 0.3) is 0 Å². The van der Waals surface area contributed by atoms with Crippen LogP contribution in [0.3, 0.4) is 0 Å². The van der Waals surface area contributed by atoms with Gasteiger partial charge in [0.2, 0.25) is 0 Å². The van der Waals surface area contributed by atoms with Crippen LogP contribution in [-0.2, 0) is 0 Å². The molecule has 0 amide bonds. The molecule has 4 unspecified atom stereocenters. The Morgan fingerprint density at radius 3 is 2.39 bits per heavy atom. The molecule has 1 heteroatoms. The van der Waals surface area contributed by atoms with Crippen LogP contribution in [0.4, 0.5) is 0 Å². The van der Waals surface area contributed by atoms with Crippen molar-refractivity contribution in [2.45, 2.75) is 44.1 Å². The number of hydrogen-bond donors (Lipinski definition) is 0. The zero-order valence-corrected chi connectivity index (χ0v) is 11.1. The quantitative estimate of drug-likeness (QED) is 0.763. The molecule has 0 N–H and O–H groups in total. The normalized spacial score (nSPS) is 39.6. The Hall–Kier alpha value is -0.820. The number of nitrogens with zero attached hydrogens (tertiary/aromatic N) is 1. The highest BCUT2D eigenvalue weighted by Crippen LogP contribution is 2.55. The van der Waals surface area contributed by atoms with Gasteiger partial charge in [-0.1, -0.05) is 30.3 Å². The summed E-state index contributed by atoms with van der Waals surface area (Å²) in [6.07, 6.45) is 7.33. The molecule has 1 aliphatic heterocycles. The molecule has 1 aromatic rings. The topological polar surface area (TPSA) is 3.24 Å². The van der Waals surface area contributed by atoms with E-state index in [4.69, 9.17) is 0 Å². The molecule has 2 saturated carbocycles. The van der Waals surface area contributed by atoms with E-state index >= 15 is 0 Å². The minimum absolute atomic E-state index is 0.836. The highest BCUT2D eigenvalue weighted by molar-refractivity contribution is 5.26. The lowest BCUT2D eigenvalue weighted by atomic mass is 9.79. The van der Waals surface area contributed by atoms with E-state index in [0.29, 0.717) is 0 Å². The van der Waals surface area contributed by atoms with Gasteiger partial charge in [0.25, 0.3) is 0 Å². The van der Waals surface area contributed by atoms with E-state index in [0.717, 1.165) is 23.8 Å². The summed E-state index contributed by atoms with van der Waals surface area (Å²) in [7, 11) is 0. The lowest BCUT2D eigenvalue weighted by Crippen LogP contribution is -2.41. The first kappa shape index (κ1) is 11.0. The van der Waals surface area contributed by atoms with Crippen LogP contribution >= 0.6 is 0 Å². The van der Waals surface area contributed by atoms with Gasteiger partial charge in [-0.25, -0.2) is 0 Å². The highest BCUT2D eigenvalue weighted by Gasteiger charge is 2.50. The number of benzene rings is 1. The van der Waals surface area contributed by atoms with Gasteiger partial charge in [0.05, 0.1) is 0 Å². The van der Waals surface area contributed by atoms with Crippen LogP contribution in [0.15, 0.2) is 30.3 Å². The van der Waals surface area contributed by atoms with Gasteiger partial charge < -0.3 is 0 Å². The molecule has 2 aliphatic carbocycles. The molecule has 4 rings (SSSR count). The third kappa shape index (κ3) is 1.64. The van der Waals surface area contributed by atoms with Gasteiger partial charge in [0.1, 0.15) is 0 Å². The van der Waals surface area contributed by atoms with Crippen LogP contribution < -0.4 is 0 Å². The summed E-state index contributed by atoms with van der Waals surface area (Å²) in [5.41, 5.74) is 1.61. The van der Waals surface area contributed by atoms with Crippen molar-refractivity contribution in [1.82, 2.24) is 4.90 Å². The van der Waals surface area contributed by atoms with Crippen LogP contribution in [-0.4, -0.2) is 24.0 Å². The van der Waals surface area contributed by atoms with Crippen LogP contribution in [0, 0.1) is 11.8 Å². The molecule has 4 atom stereocenters. The maximum absolute atomic E-state index is 2.82. The van der Waals surface area contributed by atoms with Crippen LogP contribution in [0.1, 0.15) is 43.6 Å². The third-order valence-corrected chi connectivity index (χ3v) is 5.62. The van der Waals surface area contributed by atoms with E-state index in [1.807, 2.05) is 0 Å². The molecule has 1 aromatic carbocycles. The summed E-state index contributed by atoms with van der Waals surface area (Å²) >= 11 is 0. The monoisotopic (exact) mass is 241 g/mol. The molecule has 0 aromatic heterocycles. The zero-order valence-electron chi connectivity index (χ0n) is 11.1. The fourth-order valence-electron chi connectivity index (χ4n) is 4.97. The van der Waals surface area contributed by atoms with E-state index in [9.17, 15) is 0 Å². The molecule has 1 nitrogen and oxygen atoms in total. The maximum atomic E-state index is 2.82. The van der Waals surface area contributed by atoms with Gasteiger partial charge in [0, 0.05) is 12.0 Å². The van der Waals surface area contributed by atoms with Crippen molar-refractivity contribution < 1.29 is 0 Å². The second-order valence-corrected chi connectivity index (χ2v) is 6.50. The molecule has 0 radical (unpaired) electrons. The Balaban J connectivity index is 1.67. The molecule has 3 fully saturated rings. The van der Waals surface area contributed by atoms with Crippen molar-refractivity contribution in [3.8, 4) is 0 Å². The van der Waals surface area contributed by atoms with Crippen LogP contribution in [0.5, 0.6) is 0 Å². The molecule has 3 aliphatic rings. The van der Waals surface area contributed by atoms with E-state index in [2.05, 4.69) is 35.2 Å².